The van der Waals surface area contributed by atoms with Crippen molar-refractivity contribution in [1.29, 1.82) is 0 Å². The van der Waals surface area contributed by atoms with Gasteiger partial charge in [0, 0.05) is 0 Å². The second-order valence-corrected chi connectivity index (χ2v) is 10.0. The van der Waals surface area contributed by atoms with Crippen LogP contribution in [0, 0.1) is 0 Å². The number of phosphoric acid groups is 6. The van der Waals surface area contributed by atoms with Crippen LogP contribution in [0.5, 0.6) is 0 Å². The van der Waals surface area contributed by atoms with E-state index in [1.165, 1.54) is 6.08 Å². The summed E-state index contributed by atoms with van der Waals surface area (Å²) in [5.41, 5.74) is 0. The van der Waals surface area contributed by atoms with Gasteiger partial charge >= 0.3 is 46.9 Å². The van der Waals surface area contributed by atoms with Crippen LogP contribution in [0.3, 0.4) is 0 Å². The van der Waals surface area contributed by atoms with Crippen LogP contribution in [0.1, 0.15) is 0 Å². The average molecular weight is 628 g/mol. The lowest BCUT2D eigenvalue weighted by atomic mass is 10.7. The van der Waals surface area contributed by atoms with Crippen LogP contribution in [0.2, 0.25) is 0 Å². The molecule has 208 valence electrons. The molecular formula is C3H22O24P6. The highest BCUT2D eigenvalue weighted by Crippen LogP contribution is 2.35. The van der Waals surface area contributed by atoms with Crippen molar-refractivity contribution in [3.63, 3.8) is 0 Å². The first-order chi connectivity index (χ1) is 13.6. The highest BCUT2D eigenvalue weighted by Gasteiger charge is 2.10. The molecule has 0 aromatic heterocycles. The second kappa shape index (κ2) is 20.6. The van der Waals surface area contributed by atoms with Gasteiger partial charge in [0.05, 0.1) is 6.61 Å². The molecule has 0 saturated carbocycles. The first kappa shape index (κ1) is 46.7. The molecule has 0 aliphatic carbocycles. The van der Waals surface area contributed by atoms with E-state index in [9.17, 15) is 4.57 Å². The van der Waals surface area contributed by atoms with E-state index < -0.39 is 46.9 Å². The molecule has 0 unspecified atom stereocenters. The van der Waals surface area contributed by atoms with Gasteiger partial charge in [0.2, 0.25) is 0 Å². The monoisotopic (exact) mass is 628 g/mol. The van der Waals surface area contributed by atoms with Crippen molar-refractivity contribution in [3.8, 4) is 0 Å². The molecule has 0 bridgehead atoms. The Morgan fingerprint density at radius 2 is 0.576 bits per heavy atom. The lowest BCUT2D eigenvalue weighted by molar-refractivity contribution is 0.215. The Hall–Kier alpha value is 0.400. The van der Waals surface area contributed by atoms with Gasteiger partial charge in [-0.15, -0.1) is 6.58 Å². The highest BCUT2D eigenvalue weighted by molar-refractivity contribution is 7.46. The Labute approximate surface area is 182 Å². The van der Waals surface area contributed by atoms with Gasteiger partial charge in [-0.1, -0.05) is 6.08 Å². The summed E-state index contributed by atoms with van der Waals surface area (Å²) in [5.74, 6) is 0. The smallest absolute Gasteiger partial charge is 0.303 e. The first-order valence-corrected chi connectivity index (χ1v) is 15.1. The maximum absolute atomic E-state index is 9.81. The third kappa shape index (κ3) is 1030. The normalized spacial score (nSPS) is 11.7. The summed E-state index contributed by atoms with van der Waals surface area (Å²) < 4.78 is 58.2. The quantitative estimate of drug-likeness (QED) is 0.104. The Bertz CT molecular complexity index is 588. The number of rotatable bonds is 3. The number of hydrogen-bond acceptors (Lipinski definition) is 7. The average Bonchev–Trinajstić information content (AvgIpc) is 2.24. The minimum absolute atomic E-state index is 0.121. The molecule has 0 fully saturated rings. The fraction of sp³-hybridized carbons (Fsp3) is 0.333. The van der Waals surface area contributed by atoms with Crippen LogP contribution in [0.25, 0.3) is 0 Å². The van der Waals surface area contributed by atoms with Gasteiger partial charge in [-0.25, -0.2) is 27.4 Å². The molecule has 0 aromatic carbocycles. The van der Waals surface area contributed by atoms with Crippen molar-refractivity contribution in [3.05, 3.63) is 12.7 Å². The van der Waals surface area contributed by atoms with E-state index in [-0.39, 0.29) is 6.61 Å². The standard InChI is InChI=1S/C3H7O4P.5H3O4P/c1-2-3-7-8(4,5)6;5*1-5(2,3)4/h2H,1,3H2,(H2,4,5,6);5*(H3,1,2,3,4). The molecule has 24 nitrogen and oxygen atoms in total. The highest BCUT2D eigenvalue weighted by atomic mass is 31.2. The van der Waals surface area contributed by atoms with E-state index in [0.29, 0.717) is 0 Å². The summed E-state index contributed by atoms with van der Waals surface area (Å²) >= 11 is 0. The van der Waals surface area contributed by atoms with Crippen LogP contribution in [-0.4, -0.2) is 89.8 Å². The summed E-state index contributed by atoms with van der Waals surface area (Å²) in [5, 5.41) is 0. The third-order valence-corrected chi connectivity index (χ3v) is 0.846. The Kier molecular flexibility index (Phi) is 29.1. The van der Waals surface area contributed by atoms with Crippen LogP contribution < -0.4 is 0 Å². The van der Waals surface area contributed by atoms with Crippen molar-refractivity contribution in [2.75, 3.05) is 6.61 Å². The van der Waals surface area contributed by atoms with Gasteiger partial charge < -0.3 is 83.2 Å². The molecule has 0 spiro atoms. The van der Waals surface area contributed by atoms with Crippen molar-refractivity contribution in [2.24, 2.45) is 0 Å². The summed E-state index contributed by atoms with van der Waals surface area (Å²) in [6.07, 6.45) is 1.26. The zero-order valence-electron chi connectivity index (χ0n) is 15.1. The Morgan fingerprint density at radius 1 is 0.455 bits per heavy atom. The molecule has 0 aromatic rings. The van der Waals surface area contributed by atoms with Gasteiger partial charge in [0.25, 0.3) is 0 Å². The summed E-state index contributed by atoms with van der Waals surface area (Å²) in [6.45, 7) is 3.07. The Balaban J connectivity index is -0.0000000671. The molecule has 0 atom stereocenters. The molecule has 17 N–H and O–H groups in total. The molecule has 0 saturated heterocycles. The van der Waals surface area contributed by atoms with E-state index >= 15 is 0 Å². The maximum Gasteiger partial charge on any atom is 0.469 e. The SMILES string of the molecule is C=CCOP(=O)(O)O.O=P(O)(O)O.O=P(O)(O)O.O=P(O)(O)O.O=P(O)(O)O.O=P(O)(O)O. The number of hydrogen-bond donors (Lipinski definition) is 17. The molecule has 0 amide bonds. The molecule has 0 heterocycles. The second-order valence-electron chi connectivity index (χ2n) is 3.64. The van der Waals surface area contributed by atoms with Crippen molar-refractivity contribution < 1.29 is 115 Å². The molecule has 0 rings (SSSR count). The van der Waals surface area contributed by atoms with Gasteiger partial charge in [0.1, 0.15) is 0 Å². The molecule has 0 radical (unpaired) electrons. The largest absolute Gasteiger partial charge is 0.469 e. The zero-order valence-corrected chi connectivity index (χ0v) is 20.5. The lowest BCUT2D eigenvalue weighted by Gasteiger charge is -1.98. The van der Waals surface area contributed by atoms with E-state index in [0.717, 1.165) is 0 Å². The van der Waals surface area contributed by atoms with E-state index in [2.05, 4.69) is 11.1 Å². The van der Waals surface area contributed by atoms with Gasteiger partial charge in [-0.05, 0) is 0 Å². The molecule has 0 aliphatic heterocycles. The predicted octanol–water partition coefficient (Wildman–Crippen LogP) is -4.36. The lowest BCUT2D eigenvalue weighted by Crippen LogP contribution is -1.86. The predicted molar refractivity (Wildman–Crippen MR) is 99.5 cm³/mol. The van der Waals surface area contributed by atoms with Gasteiger partial charge in [-0.3, -0.25) is 4.52 Å². The molecule has 33 heavy (non-hydrogen) atoms. The van der Waals surface area contributed by atoms with Gasteiger partial charge in [-0.2, -0.15) is 0 Å². The van der Waals surface area contributed by atoms with E-state index in [1.807, 2.05) is 0 Å². The first-order valence-electron chi connectivity index (χ1n) is 5.78. The maximum atomic E-state index is 9.81. The van der Waals surface area contributed by atoms with Crippen molar-refractivity contribution in [1.82, 2.24) is 0 Å². The summed E-state index contributed by atoms with van der Waals surface area (Å²) in [4.78, 5) is 124. The summed E-state index contributed by atoms with van der Waals surface area (Å²) in [6, 6.07) is 0. The van der Waals surface area contributed by atoms with Crippen LogP contribution in [0.4, 0.5) is 0 Å². The van der Waals surface area contributed by atoms with E-state index in [1.54, 1.807) is 0 Å². The number of phosphoric ester groups is 1. The molecular weight excluding hydrogens is 606 g/mol. The fourth-order valence-electron chi connectivity index (χ4n) is 0.150. The molecule has 30 heteroatoms. The zero-order chi connectivity index (χ0) is 29.1. The van der Waals surface area contributed by atoms with Crippen molar-refractivity contribution in [2.45, 2.75) is 0 Å². The topological polar surface area (TPSA) is 456 Å². The minimum atomic E-state index is -4.64. The third-order valence-electron chi connectivity index (χ3n) is 0.361. The minimum Gasteiger partial charge on any atom is -0.303 e. The Morgan fingerprint density at radius 3 is 0.606 bits per heavy atom. The summed E-state index contributed by atoms with van der Waals surface area (Å²) in [7, 11) is -27.4. The van der Waals surface area contributed by atoms with Crippen LogP contribution in [-0.2, 0) is 31.9 Å². The van der Waals surface area contributed by atoms with Crippen LogP contribution >= 0.6 is 46.9 Å². The van der Waals surface area contributed by atoms with Gasteiger partial charge in [0.15, 0.2) is 0 Å². The fourth-order valence-corrected chi connectivity index (χ4v) is 0.449. The van der Waals surface area contributed by atoms with Crippen LogP contribution in [0.15, 0.2) is 12.7 Å². The van der Waals surface area contributed by atoms with Crippen molar-refractivity contribution >= 4 is 46.9 Å². The van der Waals surface area contributed by atoms with E-state index in [4.69, 9.17) is 106 Å². The molecule has 0 aliphatic rings.